The molecule has 1 aliphatic rings. The maximum absolute atomic E-state index is 12.7. The van der Waals surface area contributed by atoms with Crippen LogP contribution in [-0.4, -0.2) is 37.7 Å². The number of thiophene rings is 1. The van der Waals surface area contributed by atoms with Crippen molar-refractivity contribution in [2.45, 2.75) is 0 Å². The Morgan fingerprint density at radius 2 is 2.16 bits per heavy atom. The van der Waals surface area contributed by atoms with E-state index >= 15 is 0 Å². The van der Waals surface area contributed by atoms with Gasteiger partial charge in [-0.1, -0.05) is 6.07 Å². The zero-order chi connectivity index (χ0) is 17.6. The third-order valence-electron chi connectivity index (χ3n) is 3.74. The molecule has 0 saturated heterocycles. The first-order valence-electron chi connectivity index (χ1n) is 7.07. The largest absolute Gasteiger partial charge is 0.506 e. The highest BCUT2D eigenvalue weighted by molar-refractivity contribution is 7.11. The average Bonchev–Trinajstić information content (AvgIpc) is 3.33. The first-order chi connectivity index (χ1) is 12.1. The van der Waals surface area contributed by atoms with Crippen molar-refractivity contribution < 1.29 is 14.7 Å². The number of aliphatic hydroxyl groups is 1. The number of anilines is 1. The lowest BCUT2D eigenvalue weighted by Crippen LogP contribution is -2.37. The van der Waals surface area contributed by atoms with E-state index in [0.717, 1.165) is 4.90 Å². The van der Waals surface area contributed by atoms with Gasteiger partial charge in [0.05, 0.1) is 16.1 Å². The first-order valence-corrected chi connectivity index (χ1v) is 7.95. The van der Waals surface area contributed by atoms with Crippen molar-refractivity contribution in [2.75, 3.05) is 4.90 Å². The fourth-order valence-electron chi connectivity index (χ4n) is 2.68. The van der Waals surface area contributed by atoms with E-state index in [1.54, 1.807) is 35.7 Å². The highest BCUT2D eigenvalue weighted by Gasteiger charge is 2.38. The molecule has 0 aliphatic carbocycles. The molecule has 0 atom stereocenters. The Morgan fingerprint density at radius 3 is 2.80 bits per heavy atom. The van der Waals surface area contributed by atoms with Crippen LogP contribution in [0.2, 0.25) is 0 Å². The SMILES string of the molecule is NC(=O)N1C(=O)C(=C(O)c2cccs2)c2cc(-c3nn[nH]n3)ccc21. The van der Waals surface area contributed by atoms with Crippen LogP contribution in [0.3, 0.4) is 0 Å². The molecule has 4 N–H and O–H groups in total. The number of primary amides is 1. The number of aromatic nitrogens is 4. The lowest BCUT2D eigenvalue weighted by atomic mass is 10.0. The third kappa shape index (κ3) is 2.27. The molecule has 3 aromatic rings. The monoisotopic (exact) mass is 354 g/mol. The molecule has 0 spiro atoms. The van der Waals surface area contributed by atoms with Crippen LogP contribution in [0, 0.1) is 0 Å². The molecule has 0 bridgehead atoms. The second-order valence-electron chi connectivity index (χ2n) is 5.15. The molecule has 2 aromatic heterocycles. The Bertz CT molecular complexity index is 1010. The molecule has 10 heteroatoms. The van der Waals surface area contributed by atoms with Crippen LogP contribution in [0.15, 0.2) is 35.7 Å². The van der Waals surface area contributed by atoms with Crippen molar-refractivity contribution in [1.29, 1.82) is 0 Å². The van der Waals surface area contributed by atoms with Gasteiger partial charge < -0.3 is 10.8 Å². The summed E-state index contributed by atoms with van der Waals surface area (Å²) < 4.78 is 0. The van der Waals surface area contributed by atoms with Gasteiger partial charge in [-0.15, -0.1) is 21.5 Å². The summed E-state index contributed by atoms with van der Waals surface area (Å²) in [5.74, 6) is -0.573. The number of aromatic amines is 1. The quantitative estimate of drug-likeness (QED) is 0.474. The molecular formula is C15H10N6O3S. The van der Waals surface area contributed by atoms with Gasteiger partial charge in [0.25, 0.3) is 5.91 Å². The van der Waals surface area contributed by atoms with E-state index in [4.69, 9.17) is 5.73 Å². The molecule has 9 nitrogen and oxygen atoms in total. The number of hydrogen-bond donors (Lipinski definition) is 3. The summed E-state index contributed by atoms with van der Waals surface area (Å²) in [5.41, 5.74) is 6.58. The Labute approximate surface area is 144 Å². The number of urea groups is 1. The molecule has 124 valence electrons. The lowest BCUT2D eigenvalue weighted by molar-refractivity contribution is -0.112. The zero-order valence-electron chi connectivity index (χ0n) is 12.5. The number of rotatable bonds is 2. The maximum atomic E-state index is 12.7. The van der Waals surface area contributed by atoms with Crippen LogP contribution in [0.4, 0.5) is 10.5 Å². The van der Waals surface area contributed by atoms with E-state index in [9.17, 15) is 14.7 Å². The Hall–Kier alpha value is -3.53. The van der Waals surface area contributed by atoms with E-state index < -0.39 is 11.9 Å². The number of imide groups is 1. The topological polar surface area (TPSA) is 138 Å². The van der Waals surface area contributed by atoms with Gasteiger partial charge in [-0.2, -0.15) is 5.21 Å². The Balaban J connectivity index is 1.96. The molecule has 3 heterocycles. The number of fused-ring (bicyclic) bond motifs is 1. The lowest BCUT2D eigenvalue weighted by Gasteiger charge is -2.11. The summed E-state index contributed by atoms with van der Waals surface area (Å²) in [6.07, 6.45) is 0. The van der Waals surface area contributed by atoms with Crippen LogP contribution in [0.1, 0.15) is 10.4 Å². The number of benzene rings is 1. The number of nitrogens with zero attached hydrogens (tertiary/aromatic N) is 4. The number of amides is 3. The smallest absolute Gasteiger partial charge is 0.326 e. The number of carbonyl (C=O) groups is 2. The fourth-order valence-corrected chi connectivity index (χ4v) is 3.35. The number of nitrogens with one attached hydrogen (secondary N) is 1. The minimum Gasteiger partial charge on any atom is -0.506 e. The molecule has 1 aliphatic heterocycles. The van der Waals surface area contributed by atoms with Crippen molar-refractivity contribution in [3.63, 3.8) is 0 Å². The highest BCUT2D eigenvalue weighted by Crippen LogP contribution is 2.42. The van der Waals surface area contributed by atoms with Crippen molar-refractivity contribution in [1.82, 2.24) is 20.6 Å². The molecular weight excluding hydrogens is 344 g/mol. The van der Waals surface area contributed by atoms with E-state index in [2.05, 4.69) is 20.6 Å². The van der Waals surface area contributed by atoms with Gasteiger partial charge in [-0.3, -0.25) is 4.79 Å². The van der Waals surface area contributed by atoms with Crippen LogP contribution in [0.25, 0.3) is 22.7 Å². The Kier molecular flexibility index (Phi) is 3.32. The zero-order valence-corrected chi connectivity index (χ0v) is 13.3. The van der Waals surface area contributed by atoms with Crippen LogP contribution in [0.5, 0.6) is 0 Å². The first kappa shape index (κ1) is 15.0. The maximum Gasteiger partial charge on any atom is 0.326 e. The predicted octanol–water partition coefficient (Wildman–Crippen LogP) is 1.78. The third-order valence-corrected chi connectivity index (χ3v) is 4.62. The molecule has 0 radical (unpaired) electrons. The minimum atomic E-state index is -0.924. The summed E-state index contributed by atoms with van der Waals surface area (Å²) in [6.45, 7) is 0. The summed E-state index contributed by atoms with van der Waals surface area (Å²) in [4.78, 5) is 25.8. The van der Waals surface area contributed by atoms with Crippen LogP contribution in [-0.2, 0) is 4.79 Å². The number of carbonyl (C=O) groups excluding carboxylic acids is 2. The van der Waals surface area contributed by atoms with E-state index in [-0.39, 0.29) is 11.3 Å². The van der Waals surface area contributed by atoms with Gasteiger partial charge in [0.2, 0.25) is 5.82 Å². The summed E-state index contributed by atoms with van der Waals surface area (Å²) in [6, 6.07) is 7.30. The number of H-pyrrole nitrogens is 1. The van der Waals surface area contributed by atoms with E-state index in [0.29, 0.717) is 27.5 Å². The molecule has 0 fully saturated rings. The van der Waals surface area contributed by atoms with Crippen molar-refractivity contribution >= 4 is 40.3 Å². The second-order valence-corrected chi connectivity index (χ2v) is 6.09. The fraction of sp³-hybridized carbons (Fsp3) is 0. The predicted molar refractivity (Wildman–Crippen MR) is 90.4 cm³/mol. The minimum absolute atomic E-state index is 0.00148. The van der Waals surface area contributed by atoms with Gasteiger partial charge in [-0.05, 0) is 34.9 Å². The van der Waals surface area contributed by atoms with Crippen molar-refractivity contribution in [3.05, 3.63) is 46.2 Å². The average molecular weight is 354 g/mol. The number of tetrazole rings is 1. The standard InChI is InChI=1S/C15H10N6O3S/c16-15(24)21-9-4-3-7(13-17-19-20-18-13)6-8(9)11(14(21)23)12(22)10-2-1-5-25-10/h1-6,22H,(H2,16,24)(H,17,18,19,20). The molecule has 3 amide bonds. The number of aliphatic hydroxyl groups excluding tert-OH is 1. The number of nitrogens with two attached hydrogens (primary N) is 1. The van der Waals surface area contributed by atoms with E-state index in [1.165, 1.54) is 11.3 Å². The number of hydrogen-bond acceptors (Lipinski definition) is 7. The van der Waals surface area contributed by atoms with Gasteiger partial charge in [0, 0.05) is 11.1 Å². The summed E-state index contributed by atoms with van der Waals surface area (Å²) in [5, 5.41) is 26.0. The van der Waals surface area contributed by atoms with E-state index in [1.807, 2.05) is 0 Å². The normalized spacial score (nSPS) is 15.4. The highest BCUT2D eigenvalue weighted by atomic mass is 32.1. The van der Waals surface area contributed by atoms with Crippen molar-refractivity contribution in [2.24, 2.45) is 5.73 Å². The van der Waals surface area contributed by atoms with Gasteiger partial charge in [-0.25, -0.2) is 9.69 Å². The van der Waals surface area contributed by atoms with Gasteiger partial charge >= 0.3 is 6.03 Å². The summed E-state index contributed by atoms with van der Waals surface area (Å²) in [7, 11) is 0. The van der Waals surface area contributed by atoms with Crippen LogP contribution < -0.4 is 10.6 Å². The van der Waals surface area contributed by atoms with Gasteiger partial charge in [0.15, 0.2) is 0 Å². The Morgan fingerprint density at radius 1 is 1.32 bits per heavy atom. The molecule has 4 rings (SSSR count). The van der Waals surface area contributed by atoms with Gasteiger partial charge in [0.1, 0.15) is 5.76 Å². The van der Waals surface area contributed by atoms with Crippen molar-refractivity contribution in [3.8, 4) is 11.4 Å². The molecule has 0 saturated carbocycles. The second kappa shape index (κ2) is 5.53. The molecule has 0 unspecified atom stereocenters. The molecule has 1 aromatic carbocycles. The summed E-state index contributed by atoms with van der Waals surface area (Å²) >= 11 is 1.27. The molecule has 25 heavy (non-hydrogen) atoms. The van der Waals surface area contributed by atoms with Crippen LogP contribution >= 0.6 is 11.3 Å².